The van der Waals surface area contributed by atoms with Crippen LogP contribution in [0.1, 0.15) is 12.5 Å². The highest BCUT2D eigenvalue weighted by Crippen LogP contribution is 2.24. The second-order valence-corrected chi connectivity index (χ2v) is 4.25. The van der Waals surface area contributed by atoms with Gasteiger partial charge in [-0.05, 0) is 17.7 Å². The van der Waals surface area contributed by atoms with Crippen molar-refractivity contribution >= 4 is 17.6 Å². The van der Waals surface area contributed by atoms with E-state index in [9.17, 15) is 4.79 Å². The van der Waals surface area contributed by atoms with E-state index in [0.717, 1.165) is 5.56 Å². The molecule has 1 unspecified atom stereocenters. The fourth-order valence-electron chi connectivity index (χ4n) is 1.34. The Labute approximate surface area is 106 Å². The Morgan fingerprint density at radius 1 is 1.59 bits per heavy atom. The van der Waals surface area contributed by atoms with E-state index in [2.05, 4.69) is 5.32 Å². The molecule has 4 nitrogen and oxygen atoms in total. The summed E-state index contributed by atoms with van der Waals surface area (Å²) in [6, 6.07) is 5.49. The lowest BCUT2D eigenvalue weighted by Gasteiger charge is -2.09. The molecule has 0 radical (unpaired) electrons. The zero-order valence-corrected chi connectivity index (χ0v) is 10.6. The third kappa shape index (κ3) is 4.24. The van der Waals surface area contributed by atoms with Gasteiger partial charge in [0.1, 0.15) is 5.75 Å². The van der Waals surface area contributed by atoms with Crippen LogP contribution < -0.4 is 10.1 Å². The number of benzene rings is 1. The number of aliphatic carboxylic acids is 1. The first-order valence-electron chi connectivity index (χ1n) is 5.30. The van der Waals surface area contributed by atoms with Gasteiger partial charge in [0.05, 0.1) is 18.1 Å². The quantitative estimate of drug-likeness (QED) is 0.820. The summed E-state index contributed by atoms with van der Waals surface area (Å²) in [5.74, 6) is -0.566. The van der Waals surface area contributed by atoms with Crippen LogP contribution in [-0.4, -0.2) is 24.7 Å². The number of hydrogen-bond acceptors (Lipinski definition) is 3. The minimum absolute atomic E-state index is 0.399. The maximum absolute atomic E-state index is 10.6. The Balaban J connectivity index is 2.47. The minimum Gasteiger partial charge on any atom is -0.495 e. The molecule has 0 fully saturated rings. The molecule has 2 N–H and O–H groups in total. The van der Waals surface area contributed by atoms with Gasteiger partial charge in [0.25, 0.3) is 0 Å². The highest BCUT2D eigenvalue weighted by Gasteiger charge is 2.09. The first kappa shape index (κ1) is 13.8. The molecule has 0 aliphatic heterocycles. The standard InChI is InChI=1S/C12H16ClNO3/c1-8(12(15)16)6-14-7-9-3-4-11(17-2)10(13)5-9/h3-5,8,14H,6-7H2,1-2H3,(H,15,16). The summed E-state index contributed by atoms with van der Waals surface area (Å²) in [4.78, 5) is 10.6. The van der Waals surface area contributed by atoms with Gasteiger partial charge in [0.2, 0.25) is 0 Å². The molecular formula is C12H16ClNO3. The molecule has 0 saturated heterocycles. The smallest absolute Gasteiger partial charge is 0.307 e. The van der Waals surface area contributed by atoms with Crippen molar-refractivity contribution in [2.75, 3.05) is 13.7 Å². The topological polar surface area (TPSA) is 58.6 Å². The third-order valence-electron chi connectivity index (χ3n) is 2.42. The van der Waals surface area contributed by atoms with Crippen LogP contribution in [0.2, 0.25) is 5.02 Å². The molecule has 0 aliphatic carbocycles. The van der Waals surface area contributed by atoms with Crippen LogP contribution in [0.3, 0.4) is 0 Å². The largest absolute Gasteiger partial charge is 0.495 e. The first-order chi connectivity index (χ1) is 8.04. The lowest BCUT2D eigenvalue weighted by atomic mass is 10.1. The number of halogens is 1. The average Bonchev–Trinajstić information content (AvgIpc) is 2.29. The van der Waals surface area contributed by atoms with Crippen molar-refractivity contribution in [2.45, 2.75) is 13.5 Å². The van der Waals surface area contributed by atoms with Crippen molar-refractivity contribution in [3.05, 3.63) is 28.8 Å². The molecule has 0 saturated carbocycles. The predicted molar refractivity (Wildman–Crippen MR) is 66.5 cm³/mol. The van der Waals surface area contributed by atoms with E-state index >= 15 is 0 Å². The molecule has 0 heterocycles. The lowest BCUT2D eigenvalue weighted by molar-refractivity contribution is -0.140. The van der Waals surface area contributed by atoms with Crippen LogP contribution in [0, 0.1) is 5.92 Å². The molecule has 94 valence electrons. The SMILES string of the molecule is COc1ccc(CNCC(C)C(=O)O)cc1Cl. The molecule has 17 heavy (non-hydrogen) atoms. The highest BCUT2D eigenvalue weighted by atomic mass is 35.5. The van der Waals surface area contributed by atoms with Gasteiger partial charge in [-0.15, -0.1) is 0 Å². The Hall–Kier alpha value is -1.26. The van der Waals surface area contributed by atoms with Crippen molar-refractivity contribution in [3.8, 4) is 5.75 Å². The van der Waals surface area contributed by atoms with Crippen molar-refractivity contribution in [3.63, 3.8) is 0 Å². The maximum atomic E-state index is 10.6. The first-order valence-corrected chi connectivity index (χ1v) is 5.68. The number of rotatable bonds is 6. The zero-order chi connectivity index (χ0) is 12.8. The average molecular weight is 258 g/mol. The summed E-state index contributed by atoms with van der Waals surface area (Å²) in [5.41, 5.74) is 0.994. The van der Waals surface area contributed by atoms with Gasteiger partial charge in [0, 0.05) is 13.1 Å². The number of hydrogen-bond donors (Lipinski definition) is 2. The number of methoxy groups -OCH3 is 1. The normalized spacial score (nSPS) is 12.2. The Bertz CT molecular complexity index is 395. The molecule has 1 aromatic carbocycles. The summed E-state index contributed by atoms with van der Waals surface area (Å²) in [5, 5.41) is 12.3. The highest BCUT2D eigenvalue weighted by molar-refractivity contribution is 6.32. The number of carbonyl (C=O) groups is 1. The van der Waals surface area contributed by atoms with Crippen molar-refractivity contribution in [1.29, 1.82) is 0 Å². The van der Waals surface area contributed by atoms with Gasteiger partial charge in [-0.1, -0.05) is 24.6 Å². The van der Waals surface area contributed by atoms with Crippen LogP contribution >= 0.6 is 11.6 Å². The molecule has 1 atom stereocenters. The van der Waals surface area contributed by atoms with Gasteiger partial charge in [0.15, 0.2) is 0 Å². The number of carboxylic acids is 1. The van der Waals surface area contributed by atoms with Crippen LogP contribution in [0.5, 0.6) is 5.75 Å². The molecule has 0 bridgehead atoms. The fraction of sp³-hybridized carbons (Fsp3) is 0.417. The number of nitrogens with one attached hydrogen (secondary N) is 1. The van der Waals surface area contributed by atoms with Crippen molar-refractivity contribution < 1.29 is 14.6 Å². The summed E-state index contributed by atoms with van der Waals surface area (Å²) in [7, 11) is 1.56. The van der Waals surface area contributed by atoms with Crippen LogP contribution in [-0.2, 0) is 11.3 Å². The maximum Gasteiger partial charge on any atom is 0.307 e. The van der Waals surface area contributed by atoms with Gasteiger partial charge in [-0.25, -0.2) is 0 Å². The molecule has 0 amide bonds. The van der Waals surface area contributed by atoms with Gasteiger partial charge in [-0.2, -0.15) is 0 Å². The monoisotopic (exact) mass is 257 g/mol. The van der Waals surface area contributed by atoms with Crippen LogP contribution in [0.4, 0.5) is 0 Å². The predicted octanol–water partition coefficient (Wildman–Crippen LogP) is 2.16. The molecular weight excluding hydrogens is 242 g/mol. The Morgan fingerprint density at radius 2 is 2.29 bits per heavy atom. The second-order valence-electron chi connectivity index (χ2n) is 3.84. The van der Waals surface area contributed by atoms with Gasteiger partial charge < -0.3 is 15.2 Å². The summed E-state index contributed by atoms with van der Waals surface area (Å²) in [6.07, 6.45) is 0. The van der Waals surface area contributed by atoms with E-state index in [1.165, 1.54) is 0 Å². The number of ether oxygens (including phenoxy) is 1. The summed E-state index contributed by atoms with van der Waals surface area (Å²) < 4.78 is 5.04. The third-order valence-corrected chi connectivity index (χ3v) is 2.71. The van der Waals surface area contributed by atoms with Gasteiger partial charge >= 0.3 is 5.97 Å². The van der Waals surface area contributed by atoms with Crippen molar-refractivity contribution in [1.82, 2.24) is 5.32 Å². The van der Waals surface area contributed by atoms with E-state index in [-0.39, 0.29) is 0 Å². The minimum atomic E-state index is -0.801. The Kier molecular flexibility index (Phi) is 5.25. The molecule has 5 heteroatoms. The summed E-state index contributed by atoms with van der Waals surface area (Å²) in [6.45, 7) is 2.68. The Morgan fingerprint density at radius 3 is 2.82 bits per heavy atom. The number of carboxylic acid groups (broad SMARTS) is 1. The van der Waals surface area contributed by atoms with E-state index in [1.54, 1.807) is 26.2 Å². The second kappa shape index (κ2) is 6.47. The van der Waals surface area contributed by atoms with Gasteiger partial charge in [-0.3, -0.25) is 4.79 Å². The molecule has 1 aromatic rings. The lowest BCUT2D eigenvalue weighted by Crippen LogP contribution is -2.25. The fourth-order valence-corrected chi connectivity index (χ4v) is 1.62. The summed E-state index contributed by atoms with van der Waals surface area (Å²) >= 11 is 5.97. The van der Waals surface area contributed by atoms with Crippen LogP contribution in [0.15, 0.2) is 18.2 Å². The molecule has 0 aromatic heterocycles. The zero-order valence-electron chi connectivity index (χ0n) is 9.87. The van der Waals surface area contributed by atoms with E-state index in [4.69, 9.17) is 21.4 Å². The van der Waals surface area contributed by atoms with E-state index in [0.29, 0.717) is 23.9 Å². The molecule has 0 spiro atoms. The van der Waals surface area contributed by atoms with E-state index in [1.807, 2.05) is 6.07 Å². The van der Waals surface area contributed by atoms with Crippen molar-refractivity contribution in [2.24, 2.45) is 5.92 Å². The van der Waals surface area contributed by atoms with E-state index < -0.39 is 11.9 Å². The van der Waals surface area contributed by atoms with Crippen LogP contribution in [0.25, 0.3) is 0 Å². The molecule has 1 rings (SSSR count). The molecule has 0 aliphatic rings.